The number of rotatable bonds is 3. The minimum atomic E-state index is -0.595. The SMILES string of the molecule is CC1CC1C(=O)N(C)CC1(O)CCCC1. The summed E-state index contributed by atoms with van der Waals surface area (Å²) < 4.78 is 0. The number of hydrogen-bond acceptors (Lipinski definition) is 2. The standard InChI is InChI=1S/C12H21NO2/c1-9-7-10(9)11(14)13(2)8-12(15)5-3-4-6-12/h9-10,15H,3-8H2,1-2H3. The first-order chi connectivity index (χ1) is 7.02. The second kappa shape index (κ2) is 3.78. The Labute approximate surface area is 91.5 Å². The molecule has 0 aliphatic heterocycles. The fraction of sp³-hybridized carbons (Fsp3) is 0.917. The number of carbonyl (C=O) groups excluding carboxylic acids is 1. The molecule has 2 saturated carbocycles. The van der Waals surface area contributed by atoms with Gasteiger partial charge in [-0.1, -0.05) is 19.8 Å². The summed E-state index contributed by atoms with van der Waals surface area (Å²) in [6, 6.07) is 0. The van der Waals surface area contributed by atoms with E-state index in [0.717, 1.165) is 32.1 Å². The molecule has 0 heterocycles. The quantitative estimate of drug-likeness (QED) is 0.766. The minimum Gasteiger partial charge on any atom is -0.388 e. The summed E-state index contributed by atoms with van der Waals surface area (Å²) in [5, 5.41) is 10.2. The molecule has 0 radical (unpaired) electrons. The summed E-state index contributed by atoms with van der Waals surface area (Å²) in [5.41, 5.74) is -0.595. The van der Waals surface area contributed by atoms with Gasteiger partial charge in [-0.25, -0.2) is 0 Å². The van der Waals surface area contributed by atoms with Crippen LogP contribution in [0.5, 0.6) is 0 Å². The molecule has 2 aliphatic rings. The van der Waals surface area contributed by atoms with Crippen LogP contribution in [0.4, 0.5) is 0 Å². The molecule has 0 bridgehead atoms. The molecule has 15 heavy (non-hydrogen) atoms. The average molecular weight is 211 g/mol. The van der Waals surface area contributed by atoms with Gasteiger partial charge in [0, 0.05) is 19.5 Å². The minimum absolute atomic E-state index is 0.225. The molecule has 0 aromatic rings. The summed E-state index contributed by atoms with van der Waals surface area (Å²) >= 11 is 0. The topological polar surface area (TPSA) is 40.5 Å². The predicted molar refractivity (Wildman–Crippen MR) is 58.3 cm³/mol. The molecule has 0 aromatic heterocycles. The van der Waals surface area contributed by atoms with Gasteiger partial charge < -0.3 is 10.0 Å². The number of aliphatic hydroxyl groups is 1. The predicted octanol–water partition coefficient (Wildman–Crippen LogP) is 1.41. The van der Waals surface area contributed by atoms with E-state index in [1.54, 1.807) is 4.90 Å². The first kappa shape index (κ1) is 10.9. The lowest BCUT2D eigenvalue weighted by atomic mass is 10.0. The third-order valence-electron chi connectivity index (χ3n) is 3.87. The first-order valence-electron chi connectivity index (χ1n) is 5.99. The normalized spacial score (nSPS) is 32.7. The molecule has 2 atom stereocenters. The summed E-state index contributed by atoms with van der Waals surface area (Å²) in [4.78, 5) is 13.6. The van der Waals surface area contributed by atoms with Gasteiger partial charge in [0.15, 0.2) is 0 Å². The Balaban J connectivity index is 1.85. The number of hydrogen-bond donors (Lipinski definition) is 1. The highest BCUT2D eigenvalue weighted by molar-refractivity contribution is 5.81. The van der Waals surface area contributed by atoms with Crippen molar-refractivity contribution in [3.8, 4) is 0 Å². The van der Waals surface area contributed by atoms with Crippen LogP contribution < -0.4 is 0 Å². The van der Waals surface area contributed by atoms with Gasteiger partial charge in [0.2, 0.25) is 5.91 Å². The van der Waals surface area contributed by atoms with Crippen molar-refractivity contribution in [2.75, 3.05) is 13.6 Å². The fourth-order valence-corrected chi connectivity index (χ4v) is 2.66. The molecule has 1 N–H and O–H groups in total. The maximum Gasteiger partial charge on any atom is 0.225 e. The Morgan fingerprint density at radius 1 is 1.47 bits per heavy atom. The van der Waals surface area contributed by atoms with Crippen molar-refractivity contribution in [3.63, 3.8) is 0 Å². The van der Waals surface area contributed by atoms with Gasteiger partial charge in [0.05, 0.1) is 5.60 Å². The van der Waals surface area contributed by atoms with E-state index in [2.05, 4.69) is 6.92 Å². The van der Waals surface area contributed by atoms with E-state index in [0.29, 0.717) is 12.5 Å². The molecule has 2 unspecified atom stereocenters. The molecule has 2 fully saturated rings. The zero-order chi connectivity index (χ0) is 11.1. The molecule has 3 heteroatoms. The van der Waals surface area contributed by atoms with Crippen LogP contribution in [0.2, 0.25) is 0 Å². The van der Waals surface area contributed by atoms with Crippen LogP contribution >= 0.6 is 0 Å². The van der Waals surface area contributed by atoms with E-state index in [4.69, 9.17) is 0 Å². The number of nitrogens with zero attached hydrogens (tertiary/aromatic N) is 1. The first-order valence-corrected chi connectivity index (χ1v) is 5.99. The Morgan fingerprint density at radius 3 is 2.47 bits per heavy atom. The van der Waals surface area contributed by atoms with Crippen molar-refractivity contribution in [1.82, 2.24) is 4.90 Å². The smallest absolute Gasteiger partial charge is 0.225 e. The van der Waals surface area contributed by atoms with E-state index in [9.17, 15) is 9.90 Å². The van der Waals surface area contributed by atoms with Crippen LogP contribution in [-0.4, -0.2) is 35.1 Å². The Bertz CT molecular complexity index is 258. The zero-order valence-electron chi connectivity index (χ0n) is 9.70. The zero-order valence-corrected chi connectivity index (χ0v) is 9.70. The van der Waals surface area contributed by atoms with Crippen molar-refractivity contribution in [2.45, 2.75) is 44.6 Å². The molecule has 3 nitrogen and oxygen atoms in total. The van der Waals surface area contributed by atoms with Gasteiger partial charge >= 0.3 is 0 Å². The van der Waals surface area contributed by atoms with Gasteiger partial charge in [-0.2, -0.15) is 0 Å². The highest BCUT2D eigenvalue weighted by atomic mass is 16.3. The van der Waals surface area contributed by atoms with Crippen LogP contribution in [0.15, 0.2) is 0 Å². The lowest BCUT2D eigenvalue weighted by Crippen LogP contribution is -2.42. The third kappa shape index (κ3) is 2.33. The Kier molecular flexibility index (Phi) is 2.75. The monoisotopic (exact) mass is 211 g/mol. The molecule has 1 amide bonds. The molecule has 0 spiro atoms. The molecular formula is C12H21NO2. The molecule has 2 rings (SSSR count). The molecule has 0 saturated heterocycles. The molecular weight excluding hydrogens is 190 g/mol. The largest absolute Gasteiger partial charge is 0.388 e. The van der Waals surface area contributed by atoms with Crippen molar-refractivity contribution in [2.24, 2.45) is 11.8 Å². The van der Waals surface area contributed by atoms with Crippen LogP contribution in [0.25, 0.3) is 0 Å². The lowest BCUT2D eigenvalue weighted by molar-refractivity contribution is -0.134. The van der Waals surface area contributed by atoms with Gasteiger partial charge in [-0.15, -0.1) is 0 Å². The fourth-order valence-electron chi connectivity index (χ4n) is 2.66. The van der Waals surface area contributed by atoms with E-state index in [1.165, 1.54) is 0 Å². The van der Waals surface area contributed by atoms with Crippen LogP contribution in [0.3, 0.4) is 0 Å². The maximum atomic E-state index is 11.9. The van der Waals surface area contributed by atoms with Gasteiger partial charge in [-0.05, 0) is 25.2 Å². The summed E-state index contributed by atoms with van der Waals surface area (Å²) in [6.07, 6.45) is 4.92. The van der Waals surface area contributed by atoms with E-state index in [1.807, 2.05) is 7.05 Å². The number of carbonyl (C=O) groups is 1. The van der Waals surface area contributed by atoms with Crippen LogP contribution in [0, 0.1) is 11.8 Å². The molecule has 0 aromatic carbocycles. The van der Waals surface area contributed by atoms with Crippen molar-refractivity contribution >= 4 is 5.91 Å². The second-order valence-electron chi connectivity index (χ2n) is 5.45. The Morgan fingerprint density at radius 2 is 2.00 bits per heavy atom. The van der Waals surface area contributed by atoms with Crippen molar-refractivity contribution in [3.05, 3.63) is 0 Å². The van der Waals surface area contributed by atoms with Crippen LogP contribution in [0.1, 0.15) is 39.0 Å². The van der Waals surface area contributed by atoms with E-state index >= 15 is 0 Å². The van der Waals surface area contributed by atoms with Crippen molar-refractivity contribution < 1.29 is 9.90 Å². The average Bonchev–Trinajstić information content (AvgIpc) is 2.74. The maximum absolute atomic E-state index is 11.9. The summed E-state index contributed by atoms with van der Waals surface area (Å²) in [5.74, 6) is 1.01. The second-order valence-corrected chi connectivity index (χ2v) is 5.45. The van der Waals surface area contributed by atoms with Gasteiger partial charge in [0.1, 0.15) is 0 Å². The van der Waals surface area contributed by atoms with E-state index < -0.39 is 5.60 Å². The van der Waals surface area contributed by atoms with E-state index in [-0.39, 0.29) is 11.8 Å². The highest BCUT2D eigenvalue weighted by Gasteiger charge is 2.42. The third-order valence-corrected chi connectivity index (χ3v) is 3.87. The van der Waals surface area contributed by atoms with Gasteiger partial charge in [0.25, 0.3) is 0 Å². The number of amides is 1. The van der Waals surface area contributed by atoms with Crippen molar-refractivity contribution in [1.29, 1.82) is 0 Å². The van der Waals surface area contributed by atoms with Gasteiger partial charge in [-0.3, -0.25) is 4.79 Å². The summed E-state index contributed by atoms with van der Waals surface area (Å²) in [7, 11) is 1.82. The Hall–Kier alpha value is -0.570. The highest BCUT2D eigenvalue weighted by Crippen LogP contribution is 2.39. The lowest BCUT2D eigenvalue weighted by Gasteiger charge is -2.28. The van der Waals surface area contributed by atoms with Crippen LogP contribution in [-0.2, 0) is 4.79 Å². The summed E-state index contributed by atoms with van der Waals surface area (Å²) in [6.45, 7) is 2.63. The molecule has 86 valence electrons. The number of likely N-dealkylation sites (N-methyl/N-ethyl adjacent to an activating group) is 1. The molecule has 2 aliphatic carbocycles.